The summed E-state index contributed by atoms with van der Waals surface area (Å²) in [6.07, 6.45) is 6.23. The molecule has 0 radical (unpaired) electrons. The largest absolute Gasteiger partial charge is 0.504 e. The molecule has 1 fully saturated rings. The van der Waals surface area contributed by atoms with Crippen LogP contribution in [0.15, 0.2) is 6.07 Å². The summed E-state index contributed by atoms with van der Waals surface area (Å²) in [5, 5.41) is 21.3. The van der Waals surface area contributed by atoms with Crippen molar-refractivity contribution in [1.82, 2.24) is 0 Å². The van der Waals surface area contributed by atoms with E-state index in [4.69, 9.17) is 0 Å². The molecule has 2 N–H and O–H groups in total. The number of hydrogen-bond donors (Lipinski definition) is 2. The van der Waals surface area contributed by atoms with Crippen LogP contribution in [0.4, 0.5) is 0 Å². The number of phenolic OH excluding ortho intramolecular Hbond substituents is 2. The Hall–Kier alpha value is -1.18. The van der Waals surface area contributed by atoms with Gasteiger partial charge in [0.05, 0.1) is 0 Å². The molecule has 0 heterocycles. The minimum absolute atomic E-state index is 0.0667. The van der Waals surface area contributed by atoms with Crippen LogP contribution in [0.25, 0.3) is 0 Å². The first kappa shape index (κ1) is 17.2. The van der Waals surface area contributed by atoms with Crippen molar-refractivity contribution in [2.45, 2.75) is 90.4 Å². The molecule has 1 aliphatic rings. The highest BCUT2D eigenvalue weighted by molar-refractivity contribution is 5.59. The second-order valence-electron chi connectivity index (χ2n) is 8.92. The minimum Gasteiger partial charge on any atom is -0.504 e. The Morgan fingerprint density at radius 2 is 1.36 bits per heavy atom. The van der Waals surface area contributed by atoms with E-state index in [-0.39, 0.29) is 22.3 Å². The third-order valence-corrected chi connectivity index (χ3v) is 4.91. The van der Waals surface area contributed by atoms with Gasteiger partial charge in [-0.25, -0.2) is 0 Å². The first-order chi connectivity index (χ1) is 10.0. The highest BCUT2D eigenvalue weighted by Gasteiger charge is 2.32. The molecule has 0 bridgehead atoms. The summed E-state index contributed by atoms with van der Waals surface area (Å²) in [5.74, 6) is 0.674. The lowest BCUT2D eigenvalue weighted by Crippen LogP contribution is -2.20. The summed E-state index contributed by atoms with van der Waals surface area (Å²) in [6.45, 7) is 12.6. The molecule has 2 nitrogen and oxygen atoms in total. The molecule has 2 heteroatoms. The molecule has 0 spiro atoms. The summed E-state index contributed by atoms with van der Waals surface area (Å²) >= 11 is 0. The van der Waals surface area contributed by atoms with Crippen LogP contribution >= 0.6 is 0 Å². The van der Waals surface area contributed by atoms with Crippen LogP contribution in [0, 0.1) is 0 Å². The fourth-order valence-electron chi connectivity index (χ4n) is 3.77. The van der Waals surface area contributed by atoms with E-state index in [1.54, 1.807) is 0 Å². The van der Waals surface area contributed by atoms with E-state index in [0.717, 1.165) is 11.1 Å². The Morgan fingerprint density at radius 3 is 1.82 bits per heavy atom. The maximum absolute atomic E-state index is 10.7. The maximum atomic E-state index is 10.7. The number of phenols is 2. The van der Waals surface area contributed by atoms with E-state index in [1.807, 2.05) is 0 Å². The predicted molar refractivity (Wildman–Crippen MR) is 93.0 cm³/mol. The fraction of sp³-hybridized carbons (Fsp3) is 0.700. The SMILES string of the molecule is CC(C)(C)c1cc(C2CCCCC2)c(C(C)(C)C)c(O)c1O. The monoisotopic (exact) mass is 304 g/mol. The van der Waals surface area contributed by atoms with Crippen molar-refractivity contribution in [2.24, 2.45) is 0 Å². The average molecular weight is 304 g/mol. The van der Waals surface area contributed by atoms with Crippen molar-refractivity contribution < 1.29 is 10.2 Å². The minimum atomic E-state index is -0.179. The zero-order valence-corrected chi connectivity index (χ0v) is 15.1. The van der Waals surface area contributed by atoms with E-state index < -0.39 is 0 Å². The summed E-state index contributed by atoms with van der Waals surface area (Å²) in [5.41, 5.74) is 2.70. The zero-order chi connectivity index (χ0) is 16.7. The van der Waals surface area contributed by atoms with E-state index in [9.17, 15) is 10.2 Å². The Bertz CT molecular complexity index is 538. The van der Waals surface area contributed by atoms with Crippen LogP contribution in [0.1, 0.15) is 96.3 Å². The molecular weight excluding hydrogens is 272 g/mol. The van der Waals surface area contributed by atoms with E-state index >= 15 is 0 Å². The summed E-state index contributed by atoms with van der Waals surface area (Å²) < 4.78 is 0. The molecule has 124 valence electrons. The van der Waals surface area contributed by atoms with Crippen molar-refractivity contribution in [2.75, 3.05) is 0 Å². The lowest BCUT2D eigenvalue weighted by Gasteiger charge is -2.33. The van der Waals surface area contributed by atoms with Crippen LogP contribution in [-0.4, -0.2) is 10.2 Å². The standard InChI is InChI=1S/C20H32O2/c1-19(2,3)15-12-14(13-10-8-7-9-11-13)16(20(4,5)6)18(22)17(15)21/h12-13,21-22H,7-11H2,1-6H3. The first-order valence-electron chi connectivity index (χ1n) is 8.63. The van der Waals surface area contributed by atoms with Gasteiger partial charge in [-0.1, -0.05) is 66.9 Å². The Balaban J connectivity index is 2.69. The molecule has 1 saturated carbocycles. The van der Waals surface area contributed by atoms with E-state index in [0.29, 0.717) is 5.92 Å². The van der Waals surface area contributed by atoms with E-state index in [1.165, 1.54) is 37.7 Å². The van der Waals surface area contributed by atoms with E-state index in [2.05, 4.69) is 47.6 Å². The van der Waals surface area contributed by atoms with Gasteiger partial charge in [0.25, 0.3) is 0 Å². The zero-order valence-electron chi connectivity index (χ0n) is 15.1. The Kier molecular flexibility index (Phi) is 4.52. The van der Waals surface area contributed by atoms with Crippen molar-refractivity contribution in [3.05, 3.63) is 22.8 Å². The normalized spacial score (nSPS) is 17.7. The van der Waals surface area contributed by atoms with Gasteiger partial charge < -0.3 is 10.2 Å². The van der Waals surface area contributed by atoms with Crippen molar-refractivity contribution >= 4 is 0 Å². The lowest BCUT2D eigenvalue weighted by molar-refractivity contribution is 0.368. The van der Waals surface area contributed by atoms with Gasteiger partial charge >= 0.3 is 0 Å². The second-order valence-corrected chi connectivity index (χ2v) is 8.92. The van der Waals surface area contributed by atoms with Gasteiger partial charge in [-0.2, -0.15) is 0 Å². The van der Waals surface area contributed by atoms with Crippen molar-refractivity contribution in [3.8, 4) is 11.5 Å². The predicted octanol–water partition coefficient (Wildman–Crippen LogP) is 5.74. The third kappa shape index (κ3) is 3.26. The third-order valence-electron chi connectivity index (χ3n) is 4.91. The molecule has 0 aromatic heterocycles. The van der Waals surface area contributed by atoms with Gasteiger partial charge in [0.15, 0.2) is 11.5 Å². The van der Waals surface area contributed by atoms with Gasteiger partial charge in [-0.15, -0.1) is 0 Å². The summed E-state index contributed by atoms with van der Waals surface area (Å²) in [4.78, 5) is 0. The molecule has 0 amide bonds. The van der Waals surface area contributed by atoms with Crippen LogP contribution in [0.2, 0.25) is 0 Å². The van der Waals surface area contributed by atoms with Crippen molar-refractivity contribution in [1.29, 1.82) is 0 Å². The van der Waals surface area contributed by atoms with Crippen LogP contribution in [-0.2, 0) is 10.8 Å². The second kappa shape index (κ2) is 5.79. The highest BCUT2D eigenvalue weighted by Crippen LogP contribution is 2.49. The van der Waals surface area contributed by atoms with Crippen LogP contribution in [0.3, 0.4) is 0 Å². The Labute approximate surface area is 135 Å². The smallest absolute Gasteiger partial charge is 0.161 e. The molecule has 0 aliphatic heterocycles. The molecular formula is C20H32O2. The number of hydrogen-bond acceptors (Lipinski definition) is 2. The molecule has 0 unspecified atom stereocenters. The number of rotatable bonds is 1. The molecule has 1 aliphatic carbocycles. The number of benzene rings is 1. The average Bonchev–Trinajstić information content (AvgIpc) is 2.39. The fourth-order valence-corrected chi connectivity index (χ4v) is 3.77. The molecule has 22 heavy (non-hydrogen) atoms. The van der Waals surface area contributed by atoms with Crippen LogP contribution in [0.5, 0.6) is 11.5 Å². The maximum Gasteiger partial charge on any atom is 0.161 e. The summed E-state index contributed by atoms with van der Waals surface area (Å²) in [7, 11) is 0. The molecule has 2 rings (SSSR count). The van der Waals surface area contributed by atoms with Gasteiger partial charge in [0, 0.05) is 11.1 Å². The summed E-state index contributed by atoms with van der Waals surface area (Å²) in [6, 6.07) is 2.17. The molecule has 1 aromatic rings. The van der Waals surface area contributed by atoms with Crippen molar-refractivity contribution in [3.63, 3.8) is 0 Å². The van der Waals surface area contributed by atoms with Gasteiger partial charge in [-0.3, -0.25) is 0 Å². The highest BCUT2D eigenvalue weighted by atomic mass is 16.3. The first-order valence-corrected chi connectivity index (χ1v) is 8.63. The van der Waals surface area contributed by atoms with Gasteiger partial charge in [0.1, 0.15) is 0 Å². The quantitative estimate of drug-likeness (QED) is 0.649. The topological polar surface area (TPSA) is 40.5 Å². The molecule has 1 aromatic carbocycles. The molecule has 0 atom stereocenters. The lowest BCUT2D eigenvalue weighted by atomic mass is 9.72. The number of aromatic hydroxyl groups is 2. The van der Waals surface area contributed by atoms with Gasteiger partial charge in [-0.05, 0) is 35.2 Å². The Morgan fingerprint density at radius 1 is 0.818 bits per heavy atom. The van der Waals surface area contributed by atoms with Crippen LogP contribution < -0.4 is 0 Å². The molecule has 0 saturated heterocycles. The van der Waals surface area contributed by atoms with Gasteiger partial charge in [0.2, 0.25) is 0 Å².